The Hall–Kier alpha value is -0.890. The highest BCUT2D eigenvalue weighted by Crippen LogP contribution is 2.53. The summed E-state index contributed by atoms with van der Waals surface area (Å²) in [6.45, 7) is 0.588. The first-order valence-electron chi connectivity index (χ1n) is 7.76. The van der Waals surface area contributed by atoms with Crippen LogP contribution in [0.25, 0.3) is 0 Å². The van der Waals surface area contributed by atoms with Gasteiger partial charge in [-0.1, -0.05) is 0 Å². The van der Waals surface area contributed by atoms with E-state index < -0.39 is 47.0 Å². The van der Waals surface area contributed by atoms with Crippen molar-refractivity contribution >= 4 is 0 Å². The van der Waals surface area contributed by atoms with Crippen LogP contribution in [0.1, 0.15) is 41.5 Å². The van der Waals surface area contributed by atoms with Crippen LogP contribution in [0, 0.1) is 0 Å². The average molecular weight is 458 g/mol. The van der Waals surface area contributed by atoms with Crippen molar-refractivity contribution in [2.75, 3.05) is 7.11 Å². The third-order valence-corrected chi connectivity index (χ3v) is 4.20. The number of halogens is 11. The van der Waals surface area contributed by atoms with Crippen LogP contribution in [0.5, 0.6) is 0 Å². The lowest BCUT2D eigenvalue weighted by molar-refractivity contribution is -0.471. The second kappa shape index (κ2) is 7.36. The predicted octanol–water partition coefficient (Wildman–Crippen LogP) is 6.02. The molecule has 0 bridgehead atoms. The van der Waals surface area contributed by atoms with Crippen molar-refractivity contribution in [1.29, 1.82) is 0 Å². The highest BCUT2D eigenvalue weighted by atomic mass is 19.4. The summed E-state index contributed by atoms with van der Waals surface area (Å²) in [7, 11) is 0.588. The topological polar surface area (TPSA) is 27.7 Å². The Bertz CT molecular complexity index is 581. The Morgan fingerprint density at radius 1 is 0.448 bits per heavy atom. The Labute approximate surface area is 159 Å². The molecule has 0 saturated carbocycles. The minimum absolute atomic E-state index is 0.0191. The summed E-state index contributed by atoms with van der Waals surface area (Å²) < 4.78 is 161. The molecule has 0 saturated heterocycles. The molecule has 29 heavy (non-hydrogen) atoms. The Balaban J connectivity index is 6.05. The van der Waals surface area contributed by atoms with Crippen molar-refractivity contribution < 1.29 is 62.5 Å². The number of hydrogen-bond acceptors (Lipinski definition) is 3. The lowest BCUT2D eigenvalue weighted by atomic mass is 9.96. The average Bonchev–Trinajstić information content (AvgIpc) is 2.42. The molecule has 0 aromatic carbocycles. The summed E-state index contributed by atoms with van der Waals surface area (Å²) >= 11 is 0. The van der Waals surface area contributed by atoms with Crippen LogP contribution >= 0.6 is 0 Å². The van der Waals surface area contributed by atoms with Gasteiger partial charge in [-0.15, -0.1) is 0 Å². The Morgan fingerprint density at radius 2 is 0.724 bits per heavy atom. The van der Waals surface area contributed by atoms with Crippen molar-refractivity contribution in [3.63, 3.8) is 0 Å². The highest BCUT2D eigenvalue weighted by Gasteiger charge is 2.75. The molecular formula is C15H21F11O3. The van der Waals surface area contributed by atoms with Crippen molar-refractivity contribution in [2.45, 2.75) is 88.6 Å². The van der Waals surface area contributed by atoms with Gasteiger partial charge in [-0.2, -0.15) is 48.3 Å². The number of alkyl halides is 11. The van der Waals surface area contributed by atoms with E-state index in [0.717, 1.165) is 0 Å². The minimum Gasteiger partial charge on any atom is -0.372 e. The van der Waals surface area contributed by atoms with Crippen LogP contribution in [0.15, 0.2) is 0 Å². The van der Waals surface area contributed by atoms with E-state index >= 15 is 0 Å². The fourth-order valence-electron chi connectivity index (χ4n) is 1.72. The van der Waals surface area contributed by atoms with E-state index in [4.69, 9.17) is 0 Å². The van der Waals surface area contributed by atoms with E-state index in [9.17, 15) is 48.3 Å². The predicted molar refractivity (Wildman–Crippen MR) is 77.3 cm³/mol. The molecule has 0 aromatic rings. The monoisotopic (exact) mass is 458 g/mol. The standard InChI is InChI=1S/C15H21F11O3/c1-8(2,27-7)11(16,17)14(23,24)28-9(3,4)12(18,19)15(25,26)29-10(5,6)13(20,21)22/h1-7H3. The summed E-state index contributed by atoms with van der Waals surface area (Å²) in [6.07, 6.45) is -17.4. The van der Waals surface area contributed by atoms with Crippen LogP contribution in [0.4, 0.5) is 48.3 Å². The molecule has 0 amide bonds. The lowest BCUT2D eigenvalue weighted by Crippen LogP contribution is -2.66. The molecule has 0 rings (SSSR count). The quantitative estimate of drug-likeness (QED) is 0.396. The lowest BCUT2D eigenvalue weighted by Gasteiger charge is -2.44. The van der Waals surface area contributed by atoms with Crippen molar-refractivity contribution in [3.8, 4) is 0 Å². The van der Waals surface area contributed by atoms with Gasteiger partial charge in [-0.05, 0) is 41.5 Å². The molecule has 0 radical (unpaired) electrons. The zero-order valence-corrected chi connectivity index (χ0v) is 16.4. The molecule has 0 unspecified atom stereocenters. The van der Waals surface area contributed by atoms with E-state index in [1.54, 1.807) is 0 Å². The minimum atomic E-state index is -6.04. The van der Waals surface area contributed by atoms with Crippen molar-refractivity contribution in [3.05, 3.63) is 0 Å². The van der Waals surface area contributed by atoms with Crippen LogP contribution < -0.4 is 0 Å². The summed E-state index contributed by atoms with van der Waals surface area (Å²) in [5.74, 6) is -11.2. The van der Waals surface area contributed by atoms with Gasteiger partial charge in [0.05, 0.1) is 0 Å². The third-order valence-electron chi connectivity index (χ3n) is 4.20. The summed E-state index contributed by atoms with van der Waals surface area (Å²) in [5.41, 5.74) is -11.0. The van der Waals surface area contributed by atoms with Gasteiger partial charge in [0.1, 0.15) is 11.2 Å². The maximum atomic E-state index is 14.2. The van der Waals surface area contributed by atoms with Gasteiger partial charge in [0.15, 0.2) is 5.60 Å². The molecule has 0 aromatic heterocycles. The normalized spacial score (nSPS) is 16.3. The zero-order valence-electron chi connectivity index (χ0n) is 16.4. The van der Waals surface area contributed by atoms with E-state index in [0.29, 0.717) is 21.0 Å². The van der Waals surface area contributed by atoms with E-state index in [1.165, 1.54) is 0 Å². The van der Waals surface area contributed by atoms with Crippen LogP contribution in [-0.4, -0.2) is 54.2 Å². The van der Waals surface area contributed by atoms with Gasteiger partial charge in [0, 0.05) is 7.11 Å². The molecular weight excluding hydrogens is 437 g/mol. The SMILES string of the molecule is COC(C)(C)C(F)(F)C(F)(F)OC(C)(C)C(F)(F)C(F)(F)OC(C)(C)C(F)(F)F. The number of ether oxygens (including phenoxy) is 3. The number of hydrogen-bond donors (Lipinski definition) is 0. The highest BCUT2D eigenvalue weighted by molar-refractivity contribution is 5.00. The molecule has 14 heteroatoms. The first-order chi connectivity index (χ1) is 12.2. The molecule has 0 atom stereocenters. The molecule has 0 aliphatic rings. The van der Waals surface area contributed by atoms with Crippen molar-refractivity contribution in [1.82, 2.24) is 0 Å². The molecule has 3 nitrogen and oxygen atoms in total. The van der Waals surface area contributed by atoms with E-state index in [1.807, 2.05) is 0 Å². The molecule has 0 N–H and O–H groups in total. The number of methoxy groups -OCH3 is 1. The summed E-state index contributed by atoms with van der Waals surface area (Å²) in [5, 5.41) is 0. The van der Waals surface area contributed by atoms with Crippen LogP contribution in [0.3, 0.4) is 0 Å². The largest absolute Gasteiger partial charge is 0.423 e. The van der Waals surface area contributed by atoms with Crippen LogP contribution in [0.2, 0.25) is 0 Å². The maximum Gasteiger partial charge on any atom is 0.423 e. The number of rotatable bonds is 9. The molecule has 0 aliphatic heterocycles. The van der Waals surface area contributed by atoms with Gasteiger partial charge in [-0.25, -0.2) is 0 Å². The molecule has 0 heterocycles. The van der Waals surface area contributed by atoms with Gasteiger partial charge in [0.2, 0.25) is 0 Å². The summed E-state index contributed by atoms with van der Waals surface area (Å²) in [4.78, 5) is 0. The van der Waals surface area contributed by atoms with Gasteiger partial charge in [0.25, 0.3) is 0 Å². The van der Waals surface area contributed by atoms with E-state index in [-0.39, 0.29) is 27.7 Å². The molecule has 0 aliphatic carbocycles. The maximum absolute atomic E-state index is 14.2. The van der Waals surface area contributed by atoms with Gasteiger partial charge in [-0.3, -0.25) is 4.74 Å². The van der Waals surface area contributed by atoms with Gasteiger partial charge >= 0.3 is 30.2 Å². The van der Waals surface area contributed by atoms with E-state index in [2.05, 4.69) is 14.2 Å². The zero-order chi connectivity index (χ0) is 24.1. The molecule has 176 valence electrons. The smallest absolute Gasteiger partial charge is 0.372 e. The first-order valence-corrected chi connectivity index (χ1v) is 7.76. The fourth-order valence-corrected chi connectivity index (χ4v) is 1.72. The third kappa shape index (κ3) is 4.89. The van der Waals surface area contributed by atoms with Crippen LogP contribution in [-0.2, 0) is 14.2 Å². The Morgan fingerprint density at radius 3 is 1.00 bits per heavy atom. The Kier molecular flexibility index (Phi) is 7.13. The fraction of sp³-hybridized carbons (Fsp3) is 1.00. The second-order valence-electron chi connectivity index (χ2n) is 7.62. The molecule has 0 fully saturated rings. The van der Waals surface area contributed by atoms with Gasteiger partial charge < -0.3 is 9.47 Å². The first kappa shape index (κ1) is 28.1. The van der Waals surface area contributed by atoms with Crippen molar-refractivity contribution in [2.24, 2.45) is 0 Å². The second-order valence-corrected chi connectivity index (χ2v) is 7.62. The summed E-state index contributed by atoms with van der Waals surface area (Å²) in [6, 6.07) is 0. The molecule has 0 spiro atoms.